The summed E-state index contributed by atoms with van der Waals surface area (Å²) in [6.07, 6.45) is 6.61. The van der Waals surface area contributed by atoms with Crippen LogP contribution in [0.5, 0.6) is 11.5 Å². The van der Waals surface area contributed by atoms with Gasteiger partial charge in [-0.2, -0.15) is 0 Å². The van der Waals surface area contributed by atoms with Gasteiger partial charge in [0.05, 0.1) is 24.2 Å². The van der Waals surface area contributed by atoms with E-state index in [9.17, 15) is 9.90 Å². The largest absolute Gasteiger partial charge is 0.493 e. The maximum absolute atomic E-state index is 12.0. The summed E-state index contributed by atoms with van der Waals surface area (Å²) >= 11 is 6.41. The number of hydrogen-bond acceptors (Lipinski definition) is 3. The number of methoxy groups -OCH3 is 1. The van der Waals surface area contributed by atoms with Gasteiger partial charge in [-0.25, -0.2) is 0 Å². The Morgan fingerprint density at radius 2 is 2.00 bits per heavy atom. The molecule has 2 aliphatic carbocycles. The van der Waals surface area contributed by atoms with E-state index in [1.807, 2.05) is 0 Å². The minimum absolute atomic E-state index is 0.436. The van der Waals surface area contributed by atoms with Crippen LogP contribution in [0.3, 0.4) is 0 Å². The molecule has 0 radical (unpaired) electrons. The molecule has 5 heteroatoms. The molecule has 2 aliphatic rings. The van der Waals surface area contributed by atoms with Crippen LogP contribution in [0.4, 0.5) is 0 Å². The van der Waals surface area contributed by atoms with Crippen LogP contribution in [0.2, 0.25) is 5.02 Å². The lowest BCUT2D eigenvalue weighted by atomic mass is 9.69. The molecule has 1 aromatic carbocycles. The zero-order valence-electron chi connectivity index (χ0n) is 13.4. The fourth-order valence-corrected chi connectivity index (χ4v) is 3.67. The first kappa shape index (κ1) is 16.4. The van der Waals surface area contributed by atoms with Crippen molar-refractivity contribution in [1.29, 1.82) is 0 Å². The lowest BCUT2D eigenvalue weighted by molar-refractivity contribution is -0.145. The number of benzene rings is 1. The average molecular weight is 339 g/mol. The van der Waals surface area contributed by atoms with Crippen molar-refractivity contribution in [2.24, 2.45) is 5.92 Å². The predicted molar refractivity (Wildman–Crippen MR) is 88.6 cm³/mol. The average Bonchev–Trinajstić information content (AvgIpc) is 3.37. The van der Waals surface area contributed by atoms with E-state index < -0.39 is 11.4 Å². The Balaban J connectivity index is 1.95. The van der Waals surface area contributed by atoms with E-state index in [1.165, 1.54) is 12.8 Å². The van der Waals surface area contributed by atoms with E-state index in [1.54, 1.807) is 19.2 Å². The first-order valence-electron chi connectivity index (χ1n) is 8.31. The Hall–Kier alpha value is -1.42. The van der Waals surface area contributed by atoms with Gasteiger partial charge in [-0.15, -0.1) is 0 Å². The van der Waals surface area contributed by atoms with Crippen molar-refractivity contribution in [2.45, 2.75) is 50.4 Å². The number of rotatable bonds is 6. The molecule has 3 rings (SSSR count). The van der Waals surface area contributed by atoms with Crippen molar-refractivity contribution < 1.29 is 19.4 Å². The molecule has 2 fully saturated rings. The molecule has 0 saturated heterocycles. The van der Waals surface area contributed by atoms with E-state index in [0.29, 0.717) is 41.9 Å². The molecule has 0 aliphatic heterocycles. The predicted octanol–water partition coefficient (Wildman–Crippen LogP) is 4.42. The Kier molecular flexibility index (Phi) is 4.72. The van der Waals surface area contributed by atoms with Gasteiger partial charge in [-0.1, -0.05) is 30.9 Å². The molecule has 4 nitrogen and oxygen atoms in total. The smallest absolute Gasteiger partial charge is 0.314 e. The van der Waals surface area contributed by atoms with Crippen molar-refractivity contribution in [3.8, 4) is 11.5 Å². The van der Waals surface area contributed by atoms with Crippen molar-refractivity contribution in [3.63, 3.8) is 0 Å². The molecule has 0 atom stereocenters. The summed E-state index contributed by atoms with van der Waals surface area (Å²) in [6, 6.07) is 3.55. The third kappa shape index (κ3) is 3.27. The van der Waals surface area contributed by atoms with Gasteiger partial charge < -0.3 is 14.6 Å². The Bertz CT molecular complexity index is 589. The van der Waals surface area contributed by atoms with Gasteiger partial charge >= 0.3 is 5.97 Å². The van der Waals surface area contributed by atoms with Crippen LogP contribution in [-0.2, 0) is 10.2 Å². The minimum atomic E-state index is -0.857. The van der Waals surface area contributed by atoms with Crippen LogP contribution in [0.1, 0.15) is 50.5 Å². The zero-order valence-corrected chi connectivity index (χ0v) is 14.2. The number of carbonyl (C=O) groups is 1. The van der Waals surface area contributed by atoms with E-state index in [-0.39, 0.29) is 0 Å². The summed E-state index contributed by atoms with van der Waals surface area (Å²) in [6.45, 7) is 0.638. The Morgan fingerprint density at radius 3 is 2.57 bits per heavy atom. The van der Waals surface area contributed by atoms with Crippen molar-refractivity contribution >= 4 is 17.6 Å². The quantitative estimate of drug-likeness (QED) is 0.834. The van der Waals surface area contributed by atoms with Gasteiger partial charge in [0, 0.05) is 0 Å². The molecule has 1 aromatic rings. The van der Waals surface area contributed by atoms with Gasteiger partial charge in [0.2, 0.25) is 0 Å². The number of hydrogen-bond donors (Lipinski definition) is 1. The molecule has 126 valence electrons. The second-order valence-corrected chi connectivity index (χ2v) is 7.10. The van der Waals surface area contributed by atoms with Crippen LogP contribution in [0.15, 0.2) is 12.1 Å². The molecule has 0 bridgehead atoms. The maximum atomic E-state index is 12.0. The zero-order chi connectivity index (χ0) is 16.4. The van der Waals surface area contributed by atoms with E-state index in [2.05, 4.69) is 0 Å². The fraction of sp³-hybridized carbons (Fsp3) is 0.611. The lowest BCUT2D eigenvalue weighted by Crippen LogP contribution is -2.37. The Labute approximate surface area is 141 Å². The van der Waals surface area contributed by atoms with Crippen molar-refractivity contribution in [2.75, 3.05) is 13.7 Å². The topological polar surface area (TPSA) is 55.8 Å². The molecule has 2 saturated carbocycles. The molecule has 0 heterocycles. The third-order valence-corrected chi connectivity index (χ3v) is 5.34. The molecular weight excluding hydrogens is 316 g/mol. The SMILES string of the molecule is COc1cc(C2(C(=O)O)CCCCC2)cc(Cl)c1OCC1CC1. The minimum Gasteiger partial charge on any atom is -0.493 e. The van der Waals surface area contributed by atoms with Crippen LogP contribution < -0.4 is 9.47 Å². The first-order valence-corrected chi connectivity index (χ1v) is 8.69. The highest BCUT2D eigenvalue weighted by Crippen LogP contribution is 2.46. The highest BCUT2D eigenvalue weighted by atomic mass is 35.5. The fourth-order valence-electron chi connectivity index (χ4n) is 3.40. The molecule has 0 amide bonds. The van der Waals surface area contributed by atoms with E-state index in [4.69, 9.17) is 21.1 Å². The van der Waals surface area contributed by atoms with E-state index >= 15 is 0 Å². The summed E-state index contributed by atoms with van der Waals surface area (Å²) in [5.41, 5.74) is -0.130. The summed E-state index contributed by atoms with van der Waals surface area (Å²) in [5.74, 6) is 0.890. The lowest BCUT2D eigenvalue weighted by Gasteiger charge is -2.34. The van der Waals surface area contributed by atoms with Gasteiger partial charge in [0.15, 0.2) is 11.5 Å². The monoisotopic (exact) mass is 338 g/mol. The van der Waals surface area contributed by atoms with Crippen molar-refractivity contribution in [3.05, 3.63) is 22.7 Å². The highest BCUT2D eigenvalue weighted by molar-refractivity contribution is 6.32. The standard InChI is InChI=1S/C18H23ClO4/c1-22-15-10-13(18(17(20)21)7-3-2-4-8-18)9-14(19)16(15)23-11-12-5-6-12/h9-10,12H,2-8,11H2,1H3,(H,20,21). The molecule has 0 unspecified atom stereocenters. The molecule has 1 N–H and O–H groups in total. The van der Waals surface area contributed by atoms with Gasteiger partial charge in [-0.05, 0) is 49.3 Å². The molecular formula is C18H23ClO4. The van der Waals surface area contributed by atoms with Gasteiger partial charge in [0.1, 0.15) is 0 Å². The first-order chi connectivity index (χ1) is 11.1. The second-order valence-electron chi connectivity index (χ2n) is 6.69. The van der Waals surface area contributed by atoms with Gasteiger partial charge in [-0.3, -0.25) is 4.79 Å². The third-order valence-electron chi connectivity index (χ3n) is 5.06. The summed E-state index contributed by atoms with van der Waals surface area (Å²) in [5, 5.41) is 10.3. The number of carboxylic acid groups (broad SMARTS) is 1. The highest BCUT2D eigenvalue weighted by Gasteiger charge is 2.42. The molecule has 0 aromatic heterocycles. The number of halogens is 1. The van der Waals surface area contributed by atoms with Crippen LogP contribution in [0, 0.1) is 5.92 Å². The van der Waals surface area contributed by atoms with E-state index in [0.717, 1.165) is 24.8 Å². The van der Waals surface area contributed by atoms with Crippen LogP contribution in [-0.4, -0.2) is 24.8 Å². The number of aliphatic carboxylic acids is 1. The molecule has 23 heavy (non-hydrogen) atoms. The van der Waals surface area contributed by atoms with Crippen molar-refractivity contribution in [1.82, 2.24) is 0 Å². The van der Waals surface area contributed by atoms with Crippen LogP contribution >= 0.6 is 11.6 Å². The summed E-state index contributed by atoms with van der Waals surface area (Å²) in [7, 11) is 1.56. The summed E-state index contributed by atoms with van der Waals surface area (Å²) in [4.78, 5) is 12.0. The molecule has 0 spiro atoms. The van der Waals surface area contributed by atoms with Gasteiger partial charge in [0.25, 0.3) is 0 Å². The second kappa shape index (κ2) is 6.60. The normalized spacial score (nSPS) is 20.1. The maximum Gasteiger partial charge on any atom is 0.314 e. The van der Waals surface area contributed by atoms with Crippen LogP contribution in [0.25, 0.3) is 0 Å². The number of ether oxygens (including phenoxy) is 2. The number of carboxylic acids is 1. The summed E-state index contributed by atoms with van der Waals surface area (Å²) < 4.78 is 11.2. The Morgan fingerprint density at radius 1 is 1.30 bits per heavy atom.